The second-order valence-electron chi connectivity index (χ2n) is 12.1. The van der Waals surface area contributed by atoms with Crippen molar-refractivity contribution in [1.82, 2.24) is 0 Å². The summed E-state index contributed by atoms with van der Waals surface area (Å²) in [5.41, 5.74) is -0.206. The molecule has 11 atom stereocenters. The summed E-state index contributed by atoms with van der Waals surface area (Å²) in [7, 11) is 0. The lowest BCUT2D eigenvalue weighted by molar-refractivity contribution is -0.215. The molecule has 4 aliphatic carbocycles. The molecular formula is C27H42O7. The summed E-state index contributed by atoms with van der Waals surface area (Å²) in [6, 6.07) is 0. The minimum atomic E-state index is -1.22. The Hall–Kier alpha value is -1.79. The van der Waals surface area contributed by atoms with Crippen molar-refractivity contribution in [2.45, 2.75) is 104 Å². The van der Waals surface area contributed by atoms with Crippen molar-refractivity contribution >= 4 is 19.1 Å². The average Bonchev–Trinajstić information content (AvgIpc) is 3.13. The van der Waals surface area contributed by atoms with Gasteiger partial charge in [-0.1, -0.05) is 40.5 Å². The highest BCUT2D eigenvalue weighted by Crippen LogP contribution is 2.69. The Morgan fingerprint density at radius 1 is 1.06 bits per heavy atom. The monoisotopic (exact) mass is 478 g/mol. The first kappa shape index (κ1) is 25.3. The van der Waals surface area contributed by atoms with Gasteiger partial charge in [0.1, 0.15) is 18.3 Å². The van der Waals surface area contributed by atoms with Crippen molar-refractivity contribution in [3.8, 4) is 0 Å². The number of hydrogen-bond donors (Lipinski definition) is 1. The van der Waals surface area contributed by atoms with Crippen molar-refractivity contribution in [2.75, 3.05) is 0 Å². The molecule has 192 valence electrons. The van der Waals surface area contributed by atoms with E-state index in [1.54, 1.807) is 0 Å². The third kappa shape index (κ3) is 4.01. The SMILES string of the molecule is CCC[C@H](C)[C@H]1CC[C@H]2[C@@H]3[C@H](OC(=O)O)C[C@@H]4C[C@H](OC=O)CC[C@]4(C)[C@H]3C[C@H](OC=O)[C@]12C. The summed E-state index contributed by atoms with van der Waals surface area (Å²) in [6.45, 7) is 10.3. The van der Waals surface area contributed by atoms with Crippen LogP contribution in [0, 0.1) is 46.3 Å². The van der Waals surface area contributed by atoms with Gasteiger partial charge < -0.3 is 19.3 Å². The first-order valence-electron chi connectivity index (χ1n) is 13.3. The second-order valence-corrected chi connectivity index (χ2v) is 12.1. The minimum absolute atomic E-state index is 0.0231. The van der Waals surface area contributed by atoms with E-state index >= 15 is 0 Å². The Bertz CT molecular complexity index is 770. The second kappa shape index (κ2) is 9.69. The third-order valence-corrected chi connectivity index (χ3v) is 10.9. The van der Waals surface area contributed by atoms with Gasteiger partial charge in [-0.25, -0.2) is 4.79 Å². The lowest BCUT2D eigenvalue weighted by Crippen LogP contribution is -2.63. The number of fused-ring (bicyclic) bond motifs is 5. The van der Waals surface area contributed by atoms with E-state index in [-0.39, 0.29) is 52.8 Å². The van der Waals surface area contributed by atoms with Crippen LogP contribution in [0.3, 0.4) is 0 Å². The van der Waals surface area contributed by atoms with Crippen LogP contribution in [0.15, 0.2) is 0 Å². The molecule has 1 N–H and O–H groups in total. The number of carbonyl (C=O) groups is 3. The predicted octanol–water partition coefficient (Wildman–Crippen LogP) is 5.45. The van der Waals surface area contributed by atoms with Crippen LogP contribution in [0.25, 0.3) is 0 Å². The number of rotatable bonds is 8. The van der Waals surface area contributed by atoms with Gasteiger partial charge in [-0.2, -0.15) is 0 Å². The molecule has 4 saturated carbocycles. The van der Waals surface area contributed by atoms with Crippen molar-refractivity contribution < 1.29 is 33.7 Å². The zero-order valence-corrected chi connectivity index (χ0v) is 21.1. The highest BCUT2D eigenvalue weighted by molar-refractivity contribution is 5.57. The quantitative estimate of drug-likeness (QED) is 0.281. The molecule has 7 heteroatoms. The fourth-order valence-corrected chi connectivity index (χ4v) is 9.44. The molecule has 0 aromatic carbocycles. The Balaban J connectivity index is 1.73. The molecule has 0 aromatic rings. The molecular weight excluding hydrogens is 436 g/mol. The molecule has 4 fully saturated rings. The van der Waals surface area contributed by atoms with Crippen LogP contribution in [0.1, 0.15) is 85.5 Å². The molecule has 0 aromatic heterocycles. The summed E-state index contributed by atoms with van der Waals surface area (Å²) in [5.74, 6) is 1.75. The maximum absolute atomic E-state index is 11.8. The van der Waals surface area contributed by atoms with Gasteiger partial charge in [-0.3, -0.25) is 9.59 Å². The molecule has 4 aliphatic rings. The normalized spacial score (nSPS) is 46.2. The van der Waals surface area contributed by atoms with Crippen LogP contribution in [0.2, 0.25) is 0 Å². The first-order valence-corrected chi connectivity index (χ1v) is 13.3. The lowest BCUT2D eigenvalue weighted by Gasteiger charge is -2.64. The summed E-state index contributed by atoms with van der Waals surface area (Å²) < 4.78 is 16.9. The molecule has 34 heavy (non-hydrogen) atoms. The molecule has 0 saturated heterocycles. The van der Waals surface area contributed by atoms with Crippen LogP contribution in [-0.2, 0) is 23.8 Å². The summed E-state index contributed by atoms with van der Waals surface area (Å²) in [5, 5.41) is 9.64. The molecule has 0 aliphatic heterocycles. The van der Waals surface area contributed by atoms with E-state index in [0.717, 1.165) is 51.4 Å². The third-order valence-electron chi connectivity index (χ3n) is 10.9. The maximum atomic E-state index is 11.8. The Morgan fingerprint density at radius 2 is 1.79 bits per heavy atom. The predicted molar refractivity (Wildman–Crippen MR) is 125 cm³/mol. The number of carbonyl (C=O) groups excluding carboxylic acids is 2. The van der Waals surface area contributed by atoms with Crippen molar-refractivity contribution in [3.05, 3.63) is 0 Å². The van der Waals surface area contributed by atoms with Crippen molar-refractivity contribution in [1.29, 1.82) is 0 Å². The molecule has 4 rings (SSSR count). The Morgan fingerprint density at radius 3 is 2.44 bits per heavy atom. The van der Waals surface area contributed by atoms with Crippen LogP contribution in [0.4, 0.5) is 4.79 Å². The van der Waals surface area contributed by atoms with E-state index in [2.05, 4.69) is 27.7 Å². The largest absolute Gasteiger partial charge is 0.506 e. The minimum Gasteiger partial charge on any atom is -0.465 e. The van der Waals surface area contributed by atoms with Gasteiger partial charge in [0, 0.05) is 11.3 Å². The van der Waals surface area contributed by atoms with Crippen LogP contribution in [-0.4, -0.2) is 42.5 Å². The average molecular weight is 479 g/mol. The fourth-order valence-electron chi connectivity index (χ4n) is 9.44. The lowest BCUT2D eigenvalue weighted by atomic mass is 9.43. The van der Waals surface area contributed by atoms with Gasteiger partial charge in [-0.15, -0.1) is 0 Å². The van der Waals surface area contributed by atoms with E-state index in [1.165, 1.54) is 0 Å². The van der Waals surface area contributed by atoms with E-state index < -0.39 is 6.16 Å². The Kier molecular flexibility index (Phi) is 7.21. The standard InChI is InChI=1S/C27H42O7/c1-5-6-16(2)19-7-8-20-24-21(13-23(33-15-29)27(19,20)4)26(3)10-9-18(32-14-28)11-17(26)12-22(24)34-25(30)31/h14-24H,5-13H2,1-4H3,(H,30,31)/t16-,17-,18+,19+,20-,21-,22+,23-,24-,26-,27+/m0/s1. The molecule has 0 heterocycles. The van der Waals surface area contributed by atoms with Crippen LogP contribution < -0.4 is 0 Å². The Labute approximate surface area is 203 Å². The van der Waals surface area contributed by atoms with Gasteiger partial charge in [-0.05, 0) is 80.0 Å². The van der Waals surface area contributed by atoms with Gasteiger partial charge >= 0.3 is 6.16 Å². The first-order chi connectivity index (χ1) is 16.2. The molecule has 0 spiro atoms. The van der Waals surface area contributed by atoms with Gasteiger partial charge in [0.25, 0.3) is 12.9 Å². The van der Waals surface area contributed by atoms with Gasteiger partial charge in [0.05, 0.1) is 0 Å². The number of carboxylic acid groups (broad SMARTS) is 1. The summed E-state index contributed by atoms with van der Waals surface area (Å²) >= 11 is 0. The zero-order valence-electron chi connectivity index (χ0n) is 21.1. The highest BCUT2D eigenvalue weighted by Gasteiger charge is 2.67. The van der Waals surface area contributed by atoms with Gasteiger partial charge in [0.15, 0.2) is 0 Å². The molecule has 0 radical (unpaired) electrons. The summed E-state index contributed by atoms with van der Waals surface area (Å²) in [4.78, 5) is 34.4. The van der Waals surface area contributed by atoms with Gasteiger partial charge in [0.2, 0.25) is 0 Å². The maximum Gasteiger partial charge on any atom is 0.506 e. The number of hydrogen-bond acceptors (Lipinski definition) is 6. The van der Waals surface area contributed by atoms with E-state index in [1.807, 2.05) is 0 Å². The molecule has 0 unspecified atom stereocenters. The number of ether oxygens (including phenoxy) is 3. The molecule has 0 amide bonds. The van der Waals surface area contributed by atoms with Crippen LogP contribution in [0.5, 0.6) is 0 Å². The molecule has 7 nitrogen and oxygen atoms in total. The summed E-state index contributed by atoms with van der Waals surface area (Å²) in [6.07, 6.45) is 6.36. The smallest absolute Gasteiger partial charge is 0.465 e. The fraction of sp³-hybridized carbons (Fsp3) is 0.889. The topological polar surface area (TPSA) is 99.1 Å². The van der Waals surface area contributed by atoms with E-state index in [9.17, 15) is 19.5 Å². The van der Waals surface area contributed by atoms with Crippen molar-refractivity contribution in [2.24, 2.45) is 46.3 Å². The zero-order chi connectivity index (χ0) is 24.7. The van der Waals surface area contributed by atoms with E-state index in [0.29, 0.717) is 31.2 Å². The highest BCUT2D eigenvalue weighted by atomic mass is 16.7. The van der Waals surface area contributed by atoms with Crippen molar-refractivity contribution in [3.63, 3.8) is 0 Å². The van der Waals surface area contributed by atoms with Crippen LogP contribution >= 0.6 is 0 Å². The molecule has 0 bridgehead atoms. The van der Waals surface area contributed by atoms with E-state index in [4.69, 9.17) is 14.2 Å².